The van der Waals surface area contributed by atoms with Crippen LogP contribution in [0.25, 0.3) is 0 Å². The van der Waals surface area contributed by atoms with Crippen LogP contribution in [0.3, 0.4) is 0 Å². The van der Waals surface area contributed by atoms with Crippen molar-refractivity contribution in [3.63, 3.8) is 0 Å². The Morgan fingerprint density at radius 1 is 0.462 bits per heavy atom. The average Bonchev–Trinajstić information content (AvgIpc) is 2.72. The summed E-state index contributed by atoms with van der Waals surface area (Å²) in [5, 5.41) is 4.39. The second-order valence-electron chi connectivity index (χ2n) is 7.30. The molecule has 0 radical (unpaired) electrons. The van der Waals surface area contributed by atoms with Crippen molar-refractivity contribution in [2.24, 2.45) is 0 Å². The molecule has 3 aromatic carbocycles. The van der Waals surface area contributed by atoms with E-state index in [1.165, 1.54) is 60.6 Å². The average molecular weight is 399 g/mol. The van der Waals surface area contributed by atoms with Gasteiger partial charge in [-0.3, -0.25) is 0 Å². The molecule has 0 bridgehead atoms. The van der Waals surface area contributed by atoms with E-state index in [4.69, 9.17) is 0 Å². The molecule has 0 amide bonds. The third-order valence-corrected chi connectivity index (χ3v) is 15.8. The number of aryl methyl sites for hydroxylation is 3. The molecule has 0 saturated heterocycles. The molecule has 0 fully saturated rings. The fourth-order valence-electron chi connectivity index (χ4n) is 3.33. The minimum absolute atomic E-state index is 1.27. The quantitative estimate of drug-likeness (QED) is 0.423. The Morgan fingerprint density at radius 3 is 1.00 bits per heavy atom. The molecule has 0 atom stereocenters. The first-order chi connectivity index (χ1) is 12.7. The van der Waals surface area contributed by atoms with E-state index in [0.29, 0.717) is 0 Å². The third kappa shape index (κ3) is 6.29. The van der Waals surface area contributed by atoms with Gasteiger partial charge in [0.1, 0.15) is 0 Å². The van der Waals surface area contributed by atoms with Gasteiger partial charge >= 0.3 is 164 Å². The molecule has 0 aliphatic rings. The molecule has 0 aliphatic carbocycles. The Balaban J connectivity index is 1.64. The van der Waals surface area contributed by atoms with Gasteiger partial charge in [0.2, 0.25) is 0 Å². The van der Waals surface area contributed by atoms with Crippen molar-refractivity contribution in [3.8, 4) is 0 Å². The van der Waals surface area contributed by atoms with Gasteiger partial charge in [-0.25, -0.2) is 0 Å². The number of hydrogen-bond donors (Lipinski definition) is 0. The third-order valence-electron chi connectivity index (χ3n) is 5.18. The molecule has 3 aromatic rings. The number of hydrogen-bond acceptors (Lipinski definition) is 0. The molecule has 0 saturated carbocycles. The van der Waals surface area contributed by atoms with Gasteiger partial charge in [-0.1, -0.05) is 0 Å². The van der Waals surface area contributed by atoms with Gasteiger partial charge in [0, 0.05) is 0 Å². The number of rotatable bonds is 9. The monoisotopic (exact) mass is 398 g/mol. The summed E-state index contributed by atoms with van der Waals surface area (Å²) in [5.41, 5.74) is 4.55. The van der Waals surface area contributed by atoms with Gasteiger partial charge in [-0.2, -0.15) is 0 Å². The maximum absolute atomic E-state index is 2.30. The first-order valence-corrected chi connectivity index (χ1v) is 16.9. The van der Waals surface area contributed by atoms with Gasteiger partial charge in [0.15, 0.2) is 0 Å². The van der Waals surface area contributed by atoms with Crippen LogP contribution in [0.1, 0.15) is 16.7 Å². The van der Waals surface area contributed by atoms with Crippen LogP contribution in [0, 0.1) is 0 Å². The van der Waals surface area contributed by atoms with Crippen LogP contribution in [0.2, 0.25) is 15.8 Å². The molecular formula is C24H30CrSi. The molecule has 2 heteroatoms. The number of benzene rings is 3. The van der Waals surface area contributed by atoms with Gasteiger partial charge in [0.05, 0.1) is 0 Å². The van der Waals surface area contributed by atoms with Crippen molar-refractivity contribution < 1.29 is 12.4 Å². The maximum atomic E-state index is 2.30. The zero-order valence-electron chi connectivity index (χ0n) is 15.8. The molecule has 0 unspecified atom stereocenters. The van der Waals surface area contributed by atoms with Gasteiger partial charge in [0.25, 0.3) is 0 Å². The molecule has 26 heavy (non-hydrogen) atoms. The summed E-state index contributed by atoms with van der Waals surface area (Å²) < 4.78 is 0. The first-order valence-electron chi connectivity index (χ1n) is 9.57. The SMILES string of the molecule is [SiH3][Cr]([CH2]Cc1ccccc1)([CH2]Cc1ccccc1)[CH2]Cc1ccccc1. The first kappa shape index (κ1) is 19.2. The Morgan fingerprint density at radius 2 is 0.731 bits per heavy atom. The molecule has 0 heterocycles. The van der Waals surface area contributed by atoms with E-state index in [1.807, 2.05) is 0 Å². The molecule has 0 aromatic heterocycles. The van der Waals surface area contributed by atoms with E-state index in [2.05, 4.69) is 91.0 Å². The van der Waals surface area contributed by atoms with Crippen LogP contribution < -0.4 is 0 Å². The normalized spacial score (nSPS) is 12.2. The summed E-state index contributed by atoms with van der Waals surface area (Å²) in [7, 11) is 1.41. The summed E-state index contributed by atoms with van der Waals surface area (Å²) in [6, 6.07) is 33.3. The summed E-state index contributed by atoms with van der Waals surface area (Å²) in [6.45, 7) is 0. The molecule has 0 N–H and O–H groups in total. The van der Waals surface area contributed by atoms with Crippen LogP contribution in [-0.4, -0.2) is 8.80 Å². The summed E-state index contributed by atoms with van der Waals surface area (Å²) in [4.78, 5) is 0. The van der Waals surface area contributed by atoms with Crippen molar-refractivity contribution in [3.05, 3.63) is 108 Å². The Kier molecular flexibility index (Phi) is 7.32. The zero-order chi connectivity index (χ0) is 18.1. The van der Waals surface area contributed by atoms with E-state index < -0.39 is 12.4 Å². The van der Waals surface area contributed by atoms with Crippen LogP contribution >= 0.6 is 0 Å². The van der Waals surface area contributed by atoms with E-state index in [0.717, 1.165) is 0 Å². The standard InChI is InChI=1S/3C8H9.Cr.H3Si/c3*1-2-8-6-4-3-5-7-8;;/h3*3-7H,1-2H2;;1H3. The van der Waals surface area contributed by atoms with Crippen molar-refractivity contribution in [2.75, 3.05) is 0 Å². The Hall–Kier alpha value is -1.59. The van der Waals surface area contributed by atoms with Crippen molar-refractivity contribution in [2.45, 2.75) is 35.1 Å². The second-order valence-corrected chi connectivity index (χ2v) is 21.0. The van der Waals surface area contributed by atoms with Gasteiger partial charge < -0.3 is 0 Å². The Labute approximate surface area is 163 Å². The van der Waals surface area contributed by atoms with E-state index >= 15 is 0 Å². The van der Waals surface area contributed by atoms with E-state index in [9.17, 15) is 0 Å². The molecular weight excluding hydrogens is 368 g/mol. The van der Waals surface area contributed by atoms with Crippen LogP contribution in [0.15, 0.2) is 91.0 Å². The van der Waals surface area contributed by atoms with Crippen LogP contribution in [0.5, 0.6) is 0 Å². The van der Waals surface area contributed by atoms with E-state index in [1.54, 1.807) is 0 Å². The van der Waals surface area contributed by atoms with E-state index in [-0.39, 0.29) is 0 Å². The molecule has 0 aliphatic heterocycles. The van der Waals surface area contributed by atoms with Crippen LogP contribution in [0.4, 0.5) is 0 Å². The Bertz CT molecular complexity index is 650. The predicted octanol–water partition coefficient (Wildman–Crippen LogP) is 5.40. The minimum atomic E-state index is -1.37. The van der Waals surface area contributed by atoms with Crippen molar-refractivity contribution >= 4 is 8.80 Å². The van der Waals surface area contributed by atoms with Crippen molar-refractivity contribution in [1.82, 2.24) is 0 Å². The topological polar surface area (TPSA) is 0 Å². The van der Waals surface area contributed by atoms with Crippen LogP contribution in [-0.2, 0) is 31.7 Å². The zero-order valence-corrected chi connectivity index (χ0v) is 19.1. The summed E-state index contributed by atoms with van der Waals surface area (Å²) >= 11 is -1.37. The van der Waals surface area contributed by atoms with Gasteiger partial charge in [-0.15, -0.1) is 0 Å². The van der Waals surface area contributed by atoms with Gasteiger partial charge in [-0.05, 0) is 0 Å². The fraction of sp³-hybridized carbons (Fsp3) is 0.250. The van der Waals surface area contributed by atoms with Crippen molar-refractivity contribution in [1.29, 1.82) is 0 Å². The molecule has 136 valence electrons. The summed E-state index contributed by atoms with van der Waals surface area (Å²) in [5.74, 6) is 0. The summed E-state index contributed by atoms with van der Waals surface area (Å²) in [6.07, 6.45) is 3.82. The fourth-order valence-corrected chi connectivity index (χ4v) is 10.2. The molecule has 0 nitrogen and oxygen atoms in total. The molecule has 0 spiro atoms. The second kappa shape index (κ2) is 9.93. The predicted molar refractivity (Wildman–Crippen MR) is 115 cm³/mol. The molecule has 3 rings (SSSR count).